The highest BCUT2D eigenvalue weighted by Gasteiger charge is 2.17. The lowest BCUT2D eigenvalue weighted by molar-refractivity contribution is 0.102. The Balaban J connectivity index is 1.76. The molecule has 3 rings (SSSR count). The molecule has 8 nitrogen and oxygen atoms in total. The maximum absolute atomic E-state index is 12.7. The number of aromatic nitrogens is 2. The second-order valence-corrected chi connectivity index (χ2v) is 6.14. The normalized spacial score (nSPS) is 10.3. The molecule has 3 aromatic rings. The van der Waals surface area contributed by atoms with Crippen LogP contribution in [0.2, 0.25) is 0 Å². The molecule has 0 radical (unpaired) electrons. The van der Waals surface area contributed by atoms with Crippen molar-refractivity contribution in [1.82, 2.24) is 10.2 Å². The van der Waals surface area contributed by atoms with E-state index in [1.54, 1.807) is 30.3 Å². The van der Waals surface area contributed by atoms with Gasteiger partial charge in [-0.3, -0.25) is 4.79 Å². The Bertz CT molecular complexity index is 979. The summed E-state index contributed by atoms with van der Waals surface area (Å²) in [5.74, 6) is 1.42. The number of nitrogens with zero attached hydrogens (tertiary/aromatic N) is 2. The van der Waals surface area contributed by atoms with Gasteiger partial charge in [0, 0.05) is 22.9 Å². The number of hydrogen-bond acceptors (Lipinski definition) is 7. The van der Waals surface area contributed by atoms with E-state index in [-0.39, 0.29) is 5.91 Å². The SMILES string of the molecule is CCOc1ccc(-c2ccc(NC(=O)c3cc(OC)c(OC)c(OC)c3)cc2)nn1. The molecule has 0 atom stereocenters. The topological polar surface area (TPSA) is 91.8 Å². The van der Waals surface area contributed by atoms with Crippen LogP contribution in [-0.4, -0.2) is 44.0 Å². The molecular formula is C22H23N3O5. The van der Waals surface area contributed by atoms with Crippen LogP contribution < -0.4 is 24.3 Å². The lowest BCUT2D eigenvalue weighted by atomic mass is 10.1. The van der Waals surface area contributed by atoms with Gasteiger partial charge in [-0.05, 0) is 37.3 Å². The van der Waals surface area contributed by atoms with Crippen LogP contribution in [0.1, 0.15) is 17.3 Å². The van der Waals surface area contributed by atoms with Crippen LogP contribution >= 0.6 is 0 Å². The first-order valence-electron chi connectivity index (χ1n) is 9.28. The summed E-state index contributed by atoms with van der Waals surface area (Å²) in [6, 6.07) is 14.1. The fourth-order valence-electron chi connectivity index (χ4n) is 2.84. The molecule has 30 heavy (non-hydrogen) atoms. The Morgan fingerprint density at radius 3 is 2.07 bits per heavy atom. The van der Waals surface area contributed by atoms with Crippen molar-refractivity contribution in [3.63, 3.8) is 0 Å². The number of nitrogens with one attached hydrogen (secondary N) is 1. The van der Waals surface area contributed by atoms with Gasteiger partial charge >= 0.3 is 0 Å². The molecule has 0 bridgehead atoms. The number of amides is 1. The number of rotatable bonds is 8. The van der Waals surface area contributed by atoms with Crippen molar-refractivity contribution in [3.8, 4) is 34.4 Å². The zero-order valence-corrected chi connectivity index (χ0v) is 17.3. The minimum atomic E-state index is -0.303. The fraction of sp³-hybridized carbons (Fsp3) is 0.227. The first-order chi connectivity index (χ1) is 14.6. The van der Waals surface area contributed by atoms with Gasteiger partial charge in [0.25, 0.3) is 5.91 Å². The van der Waals surface area contributed by atoms with Crippen molar-refractivity contribution < 1.29 is 23.7 Å². The minimum absolute atomic E-state index is 0.303. The summed E-state index contributed by atoms with van der Waals surface area (Å²) < 4.78 is 21.2. The van der Waals surface area contributed by atoms with E-state index in [4.69, 9.17) is 18.9 Å². The second-order valence-electron chi connectivity index (χ2n) is 6.14. The molecule has 8 heteroatoms. The maximum Gasteiger partial charge on any atom is 0.255 e. The molecular weight excluding hydrogens is 386 g/mol. The van der Waals surface area contributed by atoms with E-state index in [0.717, 1.165) is 5.56 Å². The van der Waals surface area contributed by atoms with Gasteiger partial charge in [0.05, 0.1) is 33.6 Å². The summed E-state index contributed by atoms with van der Waals surface area (Å²) in [6.45, 7) is 2.43. The van der Waals surface area contributed by atoms with Crippen molar-refractivity contribution in [1.29, 1.82) is 0 Å². The van der Waals surface area contributed by atoms with E-state index in [2.05, 4.69) is 15.5 Å². The molecule has 0 aliphatic heterocycles. The molecule has 1 N–H and O–H groups in total. The molecule has 1 heterocycles. The third-order valence-electron chi connectivity index (χ3n) is 4.30. The lowest BCUT2D eigenvalue weighted by Gasteiger charge is -2.14. The zero-order chi connectivity index (χ0) is 21.5. The first kappa shape index (κ1) is 20.9. The number of ether oxygens (including phenoxy) is 4. The number of carbonyl (C=O) groups excluding carboxylic acids is 1. The van der Waals surface area contributed by atoms with Gasteiger partial charge in [-0.1, -0.05) is 12.1 Å². The number of hydrogen-bond donors (Lipinski definition) is 1. The Labute approximate surface area is 174 Å². The average molecular weight is 409 g/mol. The molecule has 0 saturated carbocycles. The van der Waals surface area contributed by atoms with Gasteiger partial charge in [-0.2, -0.15) is 0 Å². The first-order valence-corrected chi connectivity index (χ1v) is 9.28. The zero-order valence-electron chi connectivity index (χ0n) is 17.3. The van der Waals surface area contributed by atoms with Crippen LogP contribution in [-0.2, 0) is 0 Å². The van der Waals surface area contributed by atoms with E-state index in [1.165, 1.54) is 21.3 Å². The minimum Gasteiger partial charge on any atom is -0.493 e. The summed E-state index contributed by atoms with van der Waals surface area (Å²) >= 11 is 0. The van der Waals surface area contributed by atoms with E-state index < -0.39 is 0 Å². The van der Waals surface area contributed by atoms with Crippen LogP contribution in [0.15, 0.2) is 48.5 Å². The maximum atomic E-state index is 12.7. The predicted octanol–water partition coefficient (Wildman–Crippen LogP) is 3.82. The van der Waals surface area contributed by atoms with Crippen molar-refractivity contribution in [3.05, 3.63) is 54.1 Å². The fourth-order valence-corrected chi connectivity index (χ4v) is 2.84. The van der Waals surface area contributed by atoms with Gasteiger partial charge in [-0.15, -0.1) is 10.2 Å². The third-order valence-corrected chi connectivity index (χ3v) is 4.30. The highest BCUT2D eigenvalue weighted by atomic mass is 16.5. The van der Waals surface area contributed by atoms with Crippen LogP contribution in [0, 0.1) is 0 Å². The summed E-state index contributed by atoms with van der Waals surface area (Å²) in [4.78, 5) is 12.7. The molecule has 0 fully saturated rings. The number of carbonyl (C=O) groups is 1. The third kappa shape index (κ3) is 4.60. The van der Waals surface area contributed by atoms with Crippen LogP contribution in [0.25, 0.3) is 11.3 Å². The summed E-state index contributed by atoms with van der Waals surface area (Å²) in [6.07, 6.45) is 0. The molecule has 0 unspecified atom stereocenters. The standard InChI is InChI=1S/C22H23N3O5/c1-5-30-20-11-10-17(24-25-20)14-6-8-16(9-7-14)23-22(26)15-12-18(27-2)21(29-4)19(13-15)28-3/h6-13H,5H2,1-4H3,(H,23,26). The molecule has 1 aromatic heterocycles. The number of benzene rings is 2. The van der Waals surface area contributed by atoms with E-state index in [9.17, 15) is 4.79 Å². The highest BCUT2D eigenvalue weighted by molar-refractivity contribution is 6.05. The quantitative estimate of drug-likeness (QED) is 0.605. The van der Waals surface area contributed by atoms with Crippen LogP contribution in [0.3, 0.4) is 0 Å². The van der Waals surface area contributed by atoms with Crippen molar-refractivity contribution in [2.45, 2.75) is 6.92 Å². The number of methoxy groups -OCH3 is 3. The Morgan fingerprint density at radius 2 is 1.57 bits per heavy atom. The smallest absolute Gasteiger partial charge is 0.255 e. The van der Waals surface area contributed by atoms with Crippen molar-refractivity contribution in [2.75, 3.05) is 33.3 Å². The predicted molar refractivity (Wildman–Crippen MR) is 113 cm³/mol. The Kier molecular flexibility index (Phi) is 6.69. The average Bonchev–Trinajstić information content (AvgIpc) is 2.79. The van der Waals surface area contributed by atoms with Gasteiger partial charge < -0.3 is 24.3 Å². The van der Waals surface area contributed by atoms with Crippen LogP contribution in [0.4, 0.5) is 5.69 Å². The summed E-state index contributed by atoms with van der Waals surface area (Å²) in [5.41, 5.74) is 2.60. The van der Waals surface area contributed by atoms with Gasteiger partial charge in [0.2, 0.25) is 11.6 Å². The van der Waals surface area contributed by atoms with E-state index in [0.29, 0.717) is 46.7 Å². The van der Waals surface area contributed by atoms with Crippen LogP contribution in [0.5, 0.6) is 23.1 Å². The largest absolute Gasteiger partial charge is 0.493 e. The van der Waals surface area contributed by atoms with Crippen molar-refractivity contribution >= 4 is 11.6 Å². The van der Waals surface area contributed by atoms with Crippen molar-refractivity contribution in [2.24, 2.45) is 0 Å². The Hall–Kier alpha value is -3.81. The summed E-state index contributed by atoms with van der Waals surface area (Å²) in [5, 5.41) is 11.0. The summed E-state index contributed by atoms with van der Waals surface area (Å²) in [7, 11) is 4.51. The van der Waals surface area contributed by atoms with Gasteiger partial charge in [0.15, 0.2) is 11.5 Å². The van der Waals surface area contributed by atoms with Gasteiger partial charge in [0.1, 0.15) is 0 Å². The van der Waals surface area contributed by atoms with E-state index in [1.807, 2.05) is 25.1 Å². The molecule has 156 valence electrons. The molecule has 2 aromatic carbocycles. The molecule has 0 saturated heterocycles. The molecule has 0 spiro atoms. The highest BCUT2D eigenvalue weighted by Crippen LogP contribution is 2.38. The lowest BCUT2D eigenvalue weighted by Crippen LogP contribution is -2.12. The van der Waals surface area contributed by atoms with Gasteiger partial charge in [-0.25, -0.2) is 0 Å². The number of anilines is 1. The monoisotopic (exact) mass is 409 g/mol. The molecule has 1 amide bonds. The van der Waals surface area contributed by atoms with E-state index >= 15 is 0 Å². The molecule has 0 aliphatic rings. The second kappa shape index (κ2) is 9.60. The molecule has 0 aliphatic carbocycles. The Morgan fingerprint density at radius 1 is 0.900 bits per heavy atom.